The Bertz CT molecular complexity index is 1020. The van der Waals surface area contributed by atoms with Crippen molar-refractivity contribution in [2.75, 3.05) is 13.7 Å². The van der Waals surface area contributed by atoms with Crippen molar-refractivity contribution >= 4 is 51.9 Å². The molecular formula is C20H16N2O6S2. The van der Waals surface area contributed by atoms with Crippen LogP contribution in [0.2, 0.25) is 0 Å². The van der Waals surface area contributed by atoms with E-state index in [1.807, 2.05) is 12.1 Å². The number of carbonyl (C=O) groups excluding carboxylic acids is 2. The van der Waals surface area contributed by atoms with Crippen molar-refractivity contribution in [3.63, 3.8) is 0 Å². The molecule has 3 rings (SSSR count). The molecule has 154 valence electrons. The number of nitro benzene ring substituents is 1. The van der Waals surface area contributed by atoms with Gasteiger partial charge in [0.25, 0.3) is 11.6 Å². The Labute approximate surface area is 181 Å². The first kappa shape index (κ1) is 21.5. The van der Waals surface area contributed by atoms with Crippen molar-refractivity contribution in [3.05, 3.63) is 74.7 Å². The van der Waals surface area contributed by atoms with Crippen LogP contribution in [0.1, 0.15) is 11.1 Å². The highest BCUT2D eigenvalue weighted by Gasteiger charge is 2.33. The zero-order valence-electron chi connectivity index (χ0n) is 15.8. The molecule has 1 amide bonds. The highest BCUT2D eigenvalue weighted by molar-refractivity contribution is 8.26. The zero-order valence-corrected chi connectivity index (χ0v) is 17.4. The quantitative estimate of drug-likeness (QED) is 0.210. The van der Waals surface area contributed by atoms with Gasteiger partial charge >= 0.3 is 5.97 Å². The SMILES string of the molecule is COc1ccc(/C=C2/SC(=S)N(CC(=O)OCc3ccc([N+](=O)[O-])cc3)C2=O)cc1. The van der Waals surface area contributed by atoms with Crippen LogP contribution in [-0.4, -0.2) is 39.7 Å². The second kappa shape index (κ2) is 9.51. The Morgan fingerprint density at radius 2 is 1.87 bits per heavy atom. The van der Waals surface area contributed by atoms with Crippen LogP contribution in [0, 0.1) is 10.1 Å². The molecule has 0 saturated carbocycles. The van der Waals surface area contributed by atoms with Crippen LogP contribution >= 0.6 is 24.0 Å². The van der Waals surface area contributed by atoms with Gasteiger partial charge in [-0.3, -0.25) is 24.6 Å². The molecular weight excluding hydrogens is 428 g/mol. The third-order valence-electron chi connectivity index (χ3n) is 4.12. The first-order valence-electron chi connectivity index (χ1n) is 8.66. The molecule has 0 radical (unpaired) electrons. The molecule has 10 heteroatoms. The van der Waals surface area contributed by atoms with Crippen molar-refractivity contribution in [2.45, 2.75) is 6.61 Å². The number of nitro groups is 1. The van der Waals surface area contributed by atoms with E-state index in [0.717, 1.165) is 17.3 Å². The van der Waals surface area contributed by atoms with Crippen molar-refractivity contribution in [2.24, 2.45) is 0 Å². The summed E-state index contributed by atoms with van der Waals surface area (Å²) in [4.78, 5) is 36.5. The van der Waals surface area contributed by atoms with Gasteiger partial charge in [0, 0.05) is 12.1 Å². The molecule has 0 bridgehead atoms. The minimum atomic E-state index is -0.629. The number of thioether (sulfide) groups is 1. The number of thiocarbonyl (C=S) groups is 1. The topological polar surface area (TPSA) is 99.0 Å². The molecule has 1 saturated heterocycles. The monoisotopic (exact) mass is 444 g/mol. The van der Waals surface area contributed by atoms with E-state index in [2.05, 4.69) is 0 Å². The first-order valence-corrected chi connectivity index (χ1v) is 9.88. The number of nitrogens with zero attached hydrogens (tertiary/aromatic N) is 2. The maximum Gasteiger partial charge on any atom is 0.326 e. The van der Waals surface area contributed by atoms with Gasteiger partial charge in [-0.15, -0.1) is 0 Å². The molecule has 8 nitrogen and oxygen atoms in total. The second-order valence-electron chi connectivity index (χ2n) is 6.13. The fourth-order valence-electron chi connectivity index (χ4n) is 2.54. The molecule has 0 spiro atoms. The van der Waals surface area contributed by atoms with Gasteiger partial charge in [0.2, 0.25) is 0 Å². The van der Waals surface area contributed by atoms with Crippen molar-refractivity contribution in [1.29, 1.82) is 0 Å². The highest BCUT2D eigenvalue weighted by atomic mass is 32.2. The average molecular weight is 444 g/mol. The minimum absolute atomic E-state index is 0.0497. The van der Waals surface area contributed by atoms with Crippen LogP contribution in [0.4, 0.5) is 5.69 Å². The van der Waals surface area contributed by atoms with Crippen LogP contribution in [0.3, 0.4) is 0 Å². The molecule has 1 fully saturated rings. The third-order valence-corrected chi connectivity index (χ3v) is 5.50. The molecule has 0 atom stereocenters. The highest BCUT2D eigenvalue weighted by Crippen LogP contribution is 2.32. The number of hydrogen-bond donors (Lipinski definition) is 0. The summed E-state index contributed by atoms with van der Waals surface area (Å²) in [6.07, 6.45) is 1.70. The third kappa shape index (κ3) is 5.22. The number of hydrogen-bond acceptors (Lipinski definition) is 8. The molecule has 2 aromatic rings. The lowest BCUT2D eigenvalue weighted by atomic mass is 10.2. The predicted octanol–water partition coefficient (Wildman–Crippen LogP) is 3.55. The molecule has 30 heavy (non-hydrogen) atoms. The average Bonchev–Trinajstić information content (AvgIpc) is 3.00. The number of non-ortho nitro benzene ring substituents is 1. The van der Waals surface area contributed by atoms with E-state index in [1.165, 1.54) is 29.2 Å². The molecule has 2 aromatic carbocycles. The lowest BCUT2D eigenvalue weighted by Crippen LogP contribution is -2.34. The predicted molar refractivity (Wildman–Crippen MR) is 116 cm³/mol. The van der Waals surface area contributed by atoms with Gasteiger partial charge in [-0.1, -0.05) is 36.1 Å². The Morgan fingerprint density at radius 1 is 1.20 bits per heavy atom. The number of benzene rings is 2. The number of ether oxygens (including phenoxy) is 2. The second-order valence-corrected chi connectivity index (χ2v) is 7.80. The maximum atomic E-state index is 12.6. The van der Waals surface area contributed by atoms with Crippen LogP contribution in [0.15, 0.2) is 53.4 Å². The molecule has 1 heterocycles. The van der Waals surface area contributed by atoms with E-state index in [9.17, 15) is 19.7 Å². The molecule has 0 unspecified atom stereocenters. The number of amides is 1. The lowest BCUT2D eigenvalue weighted by Gasteiger charge is -2.13. The van der Waals surface area contributed by atoms with Gasteiger partial charge in [-0.05, 0) is 41.5 Å². The van der Waals surface area contributed by atoms with E-state index >= 15 is 0 Å². The van der Waals surface area contributed by atoms with Gasteiger partial charge in [-0.25, -0.2) is 0 Å². The summed E-state index contributed by atoms with van der Waals surface area (Å²) in [5.41, 5.74) is 1.35. The summed E-state index contributed by atoms with van der Waals surface area (Å²) in [7, 11) is 1.57. The van der Waals surface area contributed by atoms with Gasteiger partial charge in [0.1, 0.15) is 23.2 Å². The van der Waals surface area contributed by atoms with Gasteiger partial charge in [0.05, 0.1) is 16.9 Å². The van der Waals surface area contributed by atoms with Gasteiger partial charge in [0.15, 0.2) is 0 Å². The van der Waals surface area contributed by atoms with Crippen LogP contribution in [0.5, 0.6) is 5.75 Å². The Morgan fingerprint density at radius 3 is 2.47 bits per heavy atom. The summed E-state index contributed by atoms with van der Waals surface area (Å²) >= 11 is 6.33. The van der Waals surface area contributed by atoms with Gasteiger partial charge < -0.3 is 9.47 Å². The van der Waals surface area contributed by atoms with Gasteiger partial charge in [-0.2, -0.15) is 0 Å². The standard InChI is InChI=1S/C20H16N2O6S2/c1-27-16-8-4-13(5-9-16)10-17-19(24)21(20(29)30-17)11-18(23)28-12-14-2-6-15(7-3-14)22(25)26/h2-10H,11-12H2,1H3/b17-10+. The fourth-order valence-corrected chi connectivity index (χ4v) is 3.80. The normalized spacial score (nSPS) is 14.8. The van der Waals surface area contributed by atoms with Crippen LogP contribution < -0.4 is 4.74 Å². The van der Waals surface area contributed by atoms with E-state index in [4.69, 9.17) is 21.7 Å². The maximum absolute atomic E-state index is 12.6. The first-order chi connectivity index (χ1) is 14.4. The fraction of sp³-hybridized carbons (Fsp3) is 0.150. The summed E-state index contributed by atoms with van der Waals surface area (Å²) in [6, 6.07) is 12.8. The molecule has 0 N–H and O–H groups in total. The number of esters is 1. The Balaban J connectivity index is 1.58. The summed E-state index contributed by atoms with van der Waals surface area (Å²) in [5.74, 6) is -0.293. The Kier molecular flexibility index (Phi) is 6.80. The van der Waals surface area contributed by atoms with E-state index in [1.54, 1.807) is 25.3 Å². The van der Waals surface area contributed by atoms with E-state index < -0.39 is 10.9 Å². The molecule has 0 aromatic heterocycles. The lowest BCUT2D eigenvalue weighted by molar-refractivity contribution is -0.384. The van der Waals surface area contributed by atoms with Crippen molar-refractivity contribution < 1.29 is 24.0 Å². The zero-order chi connectivity index (χ0) is 21.7. The van der Waals surface area contributed by atoms with Crippen LogP contribution in [-0.2, 0) is 20.9 Å². The summed E-state index contributed by atoms with van der Waals surface area (Å²) in [5, 5.41) is 10.7. The molecule has 1 aliphatic heterocycles. The van der Waals surface area contributed by atoms with Crippen molar-refractivity contribution in [1.82, 2.24) is 4.90 Å². The van der Waals surface area contributed by atoms with Crippen molar-refractivity contribution in [3.8, 4) is 5.75 Å². The van der Waals surface area contributed by atoms with Crippen LogP contribution in [0.25, 0.3) is 6.08 Å². The number of methoxy groups -OCH3 is 1. The smallest absolute Gasteiger partial charge is 0.326 e. The Hall–Kier alpha value is -3.24. The number of rotatable bonds is 7. The van der Waals surface area contributed by atoms with E-state index in [-0.39, 0.29) is 29.1 Å². The number of carbonyl (C=O) groups is 2. The summed E-state index contributed by atoms with van der Waals surface area (Å²) < 4.78 is 10.5. The van der Waals surface area contributed by atoms with E-state index in [0.29, 0.717) is 16.2 Å². The molecule has 1 aliphatic rings. The largest absolute Gasteiger partial charge is 0.497 e. The molecule has 0 aliphatic carbocycles. The summed E-state index contributed by atoms with van der Waals surface area (Å²) in [6.45, 7) is -0.370. The minimum Gasteiger partial charge on any atom is -0.497 e.